The van der Waals surface area contributed by atoms with Crippen LogP contribution in [0.2, 0.25) is 0 Å². The molecule has 3 aromatic carbocycles. The molecule has 0 saturated carbocycles. The molecular weight excluding hydrogens is 366 g/mol. The van der Waals surface area contributed by atoms with Gasteiger partial charge < -0.3 is 10.6 Å². The molecule has 0 aliphatic rings. The number of nitrogens with one attached hydrogen (secondary N) is 2. The van der Waals surface area contributed by atoms with Crippen molar-refractivity contribution < 1.29 is 4.79 Å². The number of anilines is 2. The van der Waals surface area contributed by atoms with Crippen LogP contribution in [-0.4, -0.2) is 17.4 Å². The van der Waals surface area contributed by atoms with Gasteiger partial charge in [-0.3, -0.25) is 4.79 Å². The van der Waals surface area contributed by atoms with Crippen LogP contribution in [0.25, 0.3) is 10.8 Å². The highest BCUT2D eigenvalue weighted by molar-refractivity contribution is 7.15. The van der Waals surface area contributed by atoms with Crippen molar-refractivity contribution in [1.29, 1.82) is 0 Å². The maximum absolute atomic E-state index is 12.2. The van der Waals surface area contributed by atoms with E-state index in [0.29, 0.717) is 5.13 Å². The first-order valence-electron chi connectivity index (χ1n) is 9.19. The predicted molar refractivity (Wildman–Crippen MR) is 117 cm³/mol. The summed E-state index contributed by atoms with van der Waals surface area (Å²) in [4.78, 5) is 17.7. The van der Waals surface area contributed by atoms with Gasteiger partial charge in [-0.15, -0.1) is 11.3 Å². The molecule has 1 heterocycles. The largest absolute Gasteiger partial charge is 0.376 e. The number of carbonyl (C=O) groups is 1. The van der Waals surface area contributed by atoms with E-state index < -0.39 is 0 Å². The summed E-state index contributed by atoms with van der Waals surface area (Å²) >= 11 is 1.52. The lowest BCUT2D eigenvalue weighted by atomic mass is 10.0. The molecule has 4 aromatic rings. The fourth-order valence-corrected chi connectivity index (χ4v) is 4.03. The van der Waals surface area contributed by atoms with E-state index in [-0.39, 0.29) is 12.5 Å². The minimum Gasteiger partial charge on any atom is -0.376 e. The molecule has 28 heavy (non-hydrogen) atoms. The van der Waals surface area contributed by atoms with Gasteiger partial charge in [-0.25, -0.2) is 4.98 Å². The van der Waals surface area contributed by atoms with Crippen molar-refractivity contribution in [3.05, 3.63) is 88.9 Å². The molecule has 0 fully saturated rings. The molecule has 0 aliphatic heterocycles. The van der Waals surface area contributed by atoms with Crippen molar-refractivity contribution in [3.63, 3.8) is 0 Å². The lowest BCUT2D eigenvalue weighted by Crippen LogP contribution is -2.21. The first-order valence-corrected chi connectivity index (χ1v) is 10.0. The van der Waals surface area contributed by atoms with E-state index in [1.54, 1.807) is 0 Å². The summed E-state index contributed by atoms with van der Waals surface area (Å²) in [7, 11) is 0. The Labute approximate surface area is 168 Å². The van der Waals surface area contributed by atoms with Crippen LogP contribution in [0.15, 0.2) is 72.9 Å². The summed E-state index contributed by atoms with van der Waals surface area (Å²) in [6, 6.07) is 22.7. The van der Waals surface area contributed by atoms with E-state index in [0.717, 1.165) is 22.5 Å². The highest BCUT2D eigenvalue weighted by Gasteiger charge is 2.09. The summed E-state index contributed by atoms with van der Waals surface area (Å²) in [5.41, 5.74) is 3.36. The fraction of sp³-hybridized carbons (Fsp3) is 0.130. The average molecular weight is 388 g/mol. The standard InChI is InChI=1S/C23H21N3OS/c1-16-6-4-10-19(12-16)24-15-22(27)26-23-25-14-20(28-23)13-18-9-5-8-17-7-2-3-11-21(17)18/h2-12,14,24H,13,15H2,1H3,(H,25,26,27). The molecule has 5 heteroatoms. The van der Waals surface area contributed by atoms with Crippen molar-refractivity contribution in [1.82, 2.24) is 4.98 Å². The maximum atomic E-state index is 12.2. The van der Waals surface area contributed by atoms with Crippen LogP contribution >= 0.6 is 11.3 Å². The van der Waals surface area contributed by atoms with E-state index >= 15 is 0 Å². The van der Waals surface area contributed by atoms with E-state index in [9.17, 15) is 4.79 Å². The Bertz CT molecular complexity index is 1110. The molecule has 0 aliphatic carbocycles. The van der Waals surface area contributed by atoms with Crippen LogP contribution < -0.4 is 10.6 Å². The van der Waals surface area contributed by atoms with E-state index in [2.05, 4.69) is 58.1 Å². The quantitative estimate of drug-likeness (QED) is 0.475. The van der Waals surface area contributed by atoms with Gasteiger partial charge in [-0.2, -0.15) is 0 Å². The van der Waals surface area contributed by atoms with Crippen LogP contribution in [-0.2, 0) is 11.2 Å². The Morgan fingerprint density at radius 1 is 1.04 bits per heavy atom. The monoisotopic (exact) mass is 387 g/mol. The van der Waals surface area contributed by atoms with Crippen LogP contribution in [0, 0.1) is 6.92 Å². The smallest absolute Gasteiger partial charge is 0.245 e. The molecule has 0 bridgehead atoms. The van der Waals surface area contributed by atoms with E-state index in [1.165, 1.54) is 27.7 Å². The minimum absolute atomic E-state index is 0.104. The topological polar surface area (TPSA) is 54.0 Å². The fourth-order valence-electron chi connectivity index (χ4n) is 3.18. The van der Waals surface area contributed by atoms with Crippen LogP contribution in [0.1, 0.15) is 16.0 Å². The van der Waals surface area contributed by atoms with Crippen molar-refractivity contribution in [2.75, 3.05) is 17.2 Å². The Morgan fingerprint density at radius 2 is 1.86 bits per heavy atom. The molecule has 0 saturated heterocycles. The number of carbonyl (C=O) groups excluding carboxylic acids is 1. The van der Waals surface area contributed by atoms with Gasteiger partial charge in [0.2, 0.25) is 5.91 Å². The van der Waals surface area contributed by atoms with Gasteiger partial charge >= 0.3 is 0 Å². The molecule has 0 radical (unpaired) electrons. The second kappa shape index (κ2) is 8.23. The molecule has 4 rings (SSSR count). The Kier molecular flexibility index (Phi) is 5.35. The zero-order chi connectivity index (χ0) is 19.3. The van der Waals surface area contributed by atoms with Crippen molar-refractivity contribution in [2.45, 2.75) is 13.3 Å². The van der Waals surface area contributed by atoms with Gasteiger partial charge in [0.1, 0.15) is 0 Å². The zero-order valence-corrected chi connectivity index (χ0v) is 16.4. The average Bonchev–Trinajstić information content (AvgIpc) is 3.13. The van der Waals surface area contributed by atoms with E-state index in [4.69, 9.17) is 0 Å². The third kappa shape index (κ3) is 4.38. The summed E-state index contributed by atoms with van der Waals surface area (Å²) < 4.78 is 0. The Hall–Kier alpha value is -3.18. The van der Waals surface area contributed by atoms with Crippen LogP contribution in [0.4, 0.5) is 10.8 Å². The number of aromatic nitrogens is 1. The number of fused-ring (bicyclic) bond motifs is 1. The number of amides is 1. The molecule has 2 N–H and O–H groups in total. The predicted octanol–water partition coefficient (Wildman–Crippen LogP) is 5.25. The highest BCUT2D eigenvalue weighted by atomic mass is 32.1. The van der Waals surface area contributed by atoms with Gasteiger partial charge in [0.25, 0.3) is 0 Å². The molecule has 0 unspecified atom stereocenters. The SMILES string of the molecule is Cc1cccc(NCC(=O)Nc2ncc(Cc3cccc4ccccc34)s2)c1. The van der Waals surface area contributed by atoms with E-state index in [1.807, 2.05) is 37.4 Å². The lowest BCUT2D eigenvalue weighted by molar-refractivity contribution is -0.114. The van der Waals surface area contributed by atoms with Gasteiger partial charge in [-0.05, 0) is 41.0 Å². The molecule has 4 nitrogen and oxygen atoms in total. The normalized spacial score (nSPS) is 10.8. The first-order chi connectivity index (χ1) is 13.7. The third-order valence-corrected chi connectivity index (χ3v) is 5.43. The summed E-state index contributed by atoms with van der Waals surface area (Å²) in [6.07, 6.45) is 2.65. The maximum Gasteiger partial charge on any atom is 0.245 e. The summed E-state index contributed by atoms with van der Waals surface area (Å²) in [6.45, 7) is 2.24. The number of aryl methyl sites for hydroxylation is 1. The molecule has 0 spiro atoms. The number of hydrogen-bond acceptors (Lipinski definition) is 4. The lowest BCUT2D eigenvalue weighted by Gasteiger charge is -2.06. The molecule has 0 atom stereocenters. The minimum atomic E-state index is -0.104. The van der Waals surface area contributed by atoms with Gasteiger partial charge in [-0.1, -0.05) is 54.6 Å². The number of hydrogen-bond donors (Lipinski definition) is 2. The second-order valence-electron chi connectivity index (χ2n) is 6.72. The Morgan fingerprint density at radius 3 is 2.75 bits per heavy atom. The zero-order valence-electron chi connectivity index (χ0n) is 15.6. The molecule has 1 aromatic heterocycles. The molecule has 1 amide bonds. The number of thiazole rings is 1. The number of rotatable bonds is 6. The number of nitrogens with zero attached hydrogens (tertiary/aromatic N) is 1. The molecule has 140 valence electrons. The highest BCUT2D eigenvalue weighted by Crippen LogP contribution is 2.25. The first kappa shape index (κ1) is 18.2. The second-order valence-corrected chi connectivity index (χ2v) is 7.83. The van der Waals surface area contributed by atoms with Gasteiger partial charge in [0, 0.05) is 23.2 Å². The molecular formula is C23H21N3OS. The number of benzene rings is 3. The van der Waals surface area contributed by atoms with Crippen molar-refractivity contribution in [2.24, 2.45) is 0 Å². The van der Waals surface area contributed by atoms with Crippen LogP contribution in [0.3, 0.4) is 0 Å². The van der Waals surface area contributed by atoms with Crippen molar-refractivity contribution in [3.8, 4) is 0 Å². The third-order valence-electron chi connectivity index (χ3n) is 4.52. The summed E-state index contributed by atoms with van der Waals surface area (Å²) in [5.74, 6) is -0.104. The van der Waals surface area contributed by atoms with Crippen LogP contribution in [0.5, 0.6) is 0 Å². The van der Waals surface area contributed by atoms with Gasteiger partial charge in [0.05, 0.1) is 6.54 Å². The Balaban J connectivity index is 1.38. The van der Waals surface area contributed by atoms with Crippen molar-refractivity contribution >= 4 is 38.8 Å². The summed E-state index contributed by atoms with van der Waals surface area (Å²) in [5, 5.41) is 9.14. The van der Waals surface area contributed by atoms with Gasteiger partial charge in [0.15, 0.2) is 5.13 Å².